The minimum absolute atomic E-state index is 0.219. The van der Waals surface area contributed by atoms with Crippen molar-refractivity contribution in [3.05, 3.63) is 47.2 Å². The number of hydrogen-bond donors (Lipinski definition) is 1. The van der Waals surface area contributed by atoms with E-state index in [0.717, 1.165) is 22.1 Å². The SMILES string of the molecule is CC(O)c1cc2c(c(-c3ccc(C(F)(F)F)cc3)n1)OCC2(C)CI. The van der Waals surface area contributed by atoms with E-state index in [0.29, 0.717) is 29.3 Å². The minimum atomic E-state index is -4.38. The van der Waals surface area contributed by atoms with Crippen LogP contribution in [0.3, 0.4) is 0 Å². The third-order valence-electron chi connectivity index (χ3n) is 4.39. The van der Waals surface area contributed by atoms with Crippen molar-refractivity contribution in [2.75, 3.05) is 11.0 Å². The third kappa shape index (κ3) is 3.36. The van der Waals surface area contributed by atoms with Crippen molar-refractivity contribution >= 4 is 22.6 Å². The van der Waals surface area contributed by atoms with Crippen LogP contribution >= 0.6 is 22.6 Å². The van der Waals surface area contributed by atoms with E-state index >= 15 is 0 Å². The maximum Gasteiger partial charge on any atom is 0.416 e. The lowest BCUT2D eigenvalue weighted by Gasteiger charge is -2.20. The molecule has 3 nitrogen and oxygen atoms in total. The Morgan fingerprint density at radius 1 is 1.32 bits per heavy atom. The number of halogens is 4. The van der Waals surface area contributed by atoms with E-state index in [-0.39, 0.29) is 5.41 Å². The number of aliphatic hydroxyl groups is 1. The largest absolute Gasteiger partial charge is 0.490 e. The summed E-state index contributed by atoms with van der Waals surface area (Å²) in [6.07, 6.45) is -5.16. The van der Waals surface area contributed by atoms with Crippen LogP contribution in [-0.2, 0) is 11.6 Å². The van der Waals surface area contributed by atoms with Crippen LogP contribution in [0.1, 0.15) is 36.8 Å². The summed E-state index contributed by atoms with van der Waals surface area (Å²) in [6, 6.07) is 6.68. The van der Waals surface area contributed by atoms with Gasteiger partial charge in [0.1, 0.15) is 11.4 Å². The number of hydrogen-bond acceptors (Lipinski definition) is 3. The molecule has 25 heavy (non-hydrogen) atoms. The van der Waals surface area contributed by atoms with Gasteiger partial charge < -0.3 is 9.84 Å². The number of aliphatic hydroxyl groups excluding tert-OH is 1. The quantitative estimate of drug-likeness (QED) is 0.520. The predicted molar refractivity (Wildman–Crippen MR) is 97.0 cm³/mol. The van der Waals surface area contributed by atoms with Gasteiger partial charge in [0.05, 0.1) is 24.0 Å². The Morgan fingerprint density at radius 3 is 2.48 bits per heavy atom. The molecule has 0 spiro atoms. The number of fused-ring (bicyclic) bond motifs is 1. The van der Waals surface area contributed by atoms with Gasteiger partial charge >= 0.3 is 6.18 Å². The molecule has 134 valence electrons. The zero-order valence-electron chi connectivity index (χ0n) is 13.7. The highest BCUT2D eigenvalue weighted by atomic mass is 127. The molecule has 0 aliphatic carbocycles. The minimum Gasteiger partial charge on any atom is -0.490 e. The highest BCUT2D eigenvalue weighted by Crippen LogP contribution is 2.46. The van der Waals surface area contributed by atoms with Gasteiger partial charge in [-0.3, -0.25) is 0 Å². The maximum absolute atomic E-state index is 12.8. The number of nitrogens with zero attached hydrogens (tertiary/aromatic N) is 1. The molecule has 0 saturated carbocycles. The van der Waals surface area contributed by atoms with Gasteiger partial charge in [-0.25, -0.2) is 4.98 Å². The van der Waals surface area contributed by atoms with Crippen LogP contribution in [0.2, 0.25) is 0 Å². The molecular weight excluding hydrogens is 446 g/mol. The average molecular weight is 463 g/mol. The molecule has 3 rings (SSSR count). The van der Waals surface area contributed by atoms with Gasteiger partial charge in [0.25, 0.3) is 0 Å². The van der Waals surface area contributed by atoms with E-state index in [1.165, 1.54) is 12.1 Å². The molecule has 1 N–H and O–H groups in total. The number of rotatable bonds is 3. The average Bonchev–Trinajstić information content (AvgIpc) is 2.91. The molecule has 2 heterocycles. The Morgan fingerprint density at radius 2 is 1.96 bits per heavy atom. The second-order valence-corrected chi connectivity index (χ2v) is 7.27. The molecule has 0 saturated heterocycles. The molecule has 0 radical (unpaired) electrons. The molecule has 2 aromatic rings. The summed E-state index contributed by atoms with van der Waals surface area (Å²) in [5.74, 6) is 0.586. The molecule has 1 aromatic heterocycles. The first-order valence-electron chi connectivity index (χ1n) is 7.75. The summed E-state index contributed by atoms with van der Waals surface area (Å²) in [5.41, 5.74) is 1.49. The van der Waals surface area contributed by atoms with Gasteiger partial charge in [-0.1, -0.05) is 41.6 Å². The number of aromatic nitrogens is 1. The zero-order chi connectivity index (χ0) is 18.4. The lowest BCUT2D eigenvalue weighted by atomic mass is 9.86. The monoisotopic (exact) mass is 463 g/mol. The first kappa shape index (κ1) is 18.4. The molecule has 2 unspecified atom stereocenters. The lowest BCUT2D eigenvalue weighted by Crippen LogP contribution is -2.25. The van der Waals surface area contributed by atoms with Crippen molar-refractivity contribution < 1.29 is 23.0 Å². The topological polar surface area (TPSA) is 42.4 Å². The van der Waals surface area contributed by atoms with E-state index in [1.54, 1.807) is 6.92 Å². The smallest absolute Gasteiger partial charge is 0.416 e. The first-order valence-corrected chi connectivity index (χ1v) is 9.28. The van der Waals surface area contributed by atoms with Crippen molar-refractivity contribution in [3.63, 3.8) is 0 Å². The molecule has 0 bridgehead atoms. The van der Waals surface area contributed by atoms with E-state index in [1.807, 2.05) is 6.07 Å². The van der Waals surface area contributed by atoms with Gasteiger partial charge in [-0.15, -0.1) is 0 Å². The Hall–Kier alpha value is -1.35. The first-order chi connectivity index (χ1) is 11.7. The Bertz CT molecular complexity index is 790. The van der Waals surface area contributed by atoms with Gasteiger partial charge in [0.15, 0.2) is 0 Å². The summed E-state index contributed by atoms with van der Waals surface area (Å²) in [6.45, 7) is 4.15. The zero-order valence-corrected chi connectivity index (χ0v) is 15.9. The van der Waals surface area contributed by atoms with E-state index in [4.69, 9.17) is 4.74 Å². The van der Waals surface area contributed by atoms with Crippen molar-refractivity contribution in [2.45, 2.75) is 31.5 Å². The standard InChI is InChI=1S/C18H17F3INO2/c1-10(24)14-7-13-16(25-9-17(13,2)8-22)15(23-14)11-3-5-12(6-4-11)18(19,20)21/h3-7,10,24H,8-9H2,1-2H3. The highest BCUT2D eigenvalue weighted by Gasteiger charge is 2.38. The van der Waals surface area contributed by atoms with Crippen LogP contribution in [0, 0.1) is 0 Å². The fourth-order valence-electron chi connectivity index (χ4n) is 2.79. The van der Waals surface area contributed by atoms with Gasteiger partial charge in [0, 0.05) is 21.0 Å². The number of pyridine rings is 1. The normalized spacial score (nSPS) is 20.9. The molecule has 2 atom stereocenters. The number of alkyl halides is 4. The van der Waals surface area contributed by atoms with Crippen molar-refractivity contribution in [1.82, 2.24) is 4.98 Å². The van der Waals surface area contributed by atoms with E-state index in [9.17, 15) is 18.3 Å². The summed E-state index contributed by atoms with van der Waals surface area (Å²) < 4.78 is 45.0. The van der Waals surface area contributed by atoms with Crippen LogP contribution in [0.15, 0.2) is 30.3 Å². The molecular formula is C18H17F3INO2. The predicted octanol–water partition coefficient (Wildman–Crippen LogP) is 4.91. The van der Waals surface area contributed by atoms with Crippen LogP contribution < -0.4 is 4.74 Å². The van der Waals surface area contributed by atoms with Crippen LogP contribution in [0.5, 0.6) is 5.75 Å². The Kier molecular flexibility index (Phi) is 4.74. The second kappa shape index (κ2) is 6.42. The molecule has 0 fully saturated rings. The van der Waals surface area contributed by atoms with Crippen molar-refractivity contribution in [1.29, 1.82) is 0 Å². The lowest BCUT2D eigenvalue weighted by molar-refractivity contribution is -0.137. The summed E-state index contributed by atoms with van der Waals surface area (Å²) in [7, 11) is 0. The highest BCUT2D eigenvalue weighted by molar-refractivity contribution is 14.1. The second-order valence-electron chi connectivity index (χ2n) is 6.51. The van der Waals surface area contributed by atoms with Gasteiger partial charge in [0.2, 0.25) is 0 Å². The van der Waals surface area contributed by atoms with Crippen LogP contribution in [-0.4, -0.2) is 21.1 Å². The molecule has 1 aromatic carbocycles. The van der Waals surface area contributed by atoms with Crippen molar-refractivity contribution in [2.24, 2.45) is 0 Å². The summed E-state index contributed by atoms with van der Waals surface area (Å²) >= 11 is 2.28. The third-order valence-corrected chi connectivity index (χ3v) is 6.07. The number of benzene rings is 1. The van der Waals surface area contributed by atoms with Gasteiger partial charge in [-0.05, 0) is 25.1 Å². The van der Waals surface area contributed by atoms with Crippen molar-refractivity contribution in [3.8, 4) is 17.0 Å². The molecule has 0 amide bonds. The number of ether oxygens (including phenoxy) is 1. The maximum atomic E-state index is 12.8. The molecule has 7 heteroatoms. The van der Waals surface area contributed by atoms with Crippen LogP contribution in [0.4, 0.5) is 13.2 Å². The van der Waals surface area contributed by atoms with E-state index < -0.39 is 17.8 Å². The summed E-state index contributed by atoms with van der Waals surface area (Å²) in [4.78, 5) is 4.45. The Balaban J connectivity index is 2.15. The van der Waals surface area contributed by atoms with Gasteiger partial charge in [-0.2, -0.15) is 13.2 Å². The fraction of sp³-hybridized carbons (Fsp3) is 0.389. The van der Waals surface area contributed by atoms with Crippen LogP contribution in [0.25, 0.3) is 11.3 Å². The summed E-state index contributed by atoms with van der Waals surface area (Å²) in [5, 5.41) is 9.97. The van der Waals surface area contributed by atoms with E-state index in [2.05, 4.69) is 34.5 Å². The fourth-order valence-corrected chi connectivity index (χ4v) is 3.43. The Labute approximate surface area is 157 Å². The molecule has 1 aliphatic heterocycles. The molecule has 1 aliphatic rings.